The van der Waals surface area contributed by atoms with E-state index in [1.165, 1.54) is 5.56 Å². The van der Waals surface area contributed by atoms with Gasteiger partial charge in [0.05, 0.1) is 0 Å². The Morgan fingerprint density at radius 1 is 1.00 bits per heavy atom. The maximum Gasteiger partial charge on any atom is 0.258 e. The Kier molecular flexibility index (Phi) is 6.34. The van der Waals surface area contributed by atoms with E-state index in [0.29, 0.717) is 18.8 Å². The number of carbonyl (C=O) groups excluding carboxylic acids is 2. The number of likely N-dealkylation sites (tertiary alicyclic amines) is 1. The molecule has 0 atom stereocenters. The third-order valence-electron chi connectivity index (χ3n) is 5.29. The Morgan fingerprint density at radius 2 is 1.68 bits per heavy atom. The molecule has 0 radical (unpaired) electrons. The first-order chi connectivity index (χ1) is 13.4. The second-order valence-corrected chi connectivity index (χ2v) is 7.53. The molecule has 28 heavy (non-hydrogen) atoms. The largest absolute Gasteiger partial charge is 0.484 e. The van der Waals surface area contributed by atoms with Gasteiger partial charge in [0.15, 0.2) is 6.61 Å². The number of piperidine rings is 1. The molecule has 1 aliphatic heterocycles. The Hall–Kier alpha value is -2.82. The SMILES string of the molecule is Cc1ccc(C(=O)N2CCC(NC(=O)COc3ccc(C)c(C)c3)CC2)cc1. The van der Waals surface area contributed by atoms with Gasteiger partial charge in [-0.15, -0.1) is 0 Å². The lowest BCUT2D eigenvalue weighted by Gasteiger charge is -2.32. The molecule has 1 fully saturated rings. The van der Waals surface area contributed by atoms with Crippen LogP contribution >= 0.6 is 0 Å². The zero-order valence-electron chi connectivity index (χ0n) is 16.8. The summed E-state index contributed by atoms with van der Waals surface area (Å²) in [5.41, 5.74) is 4.20. The molecule has 0 aliphatic carbocycles. The van der Waals surface area contributed by atoms with Gasteiger partial charge in [-0.05, 0) is 69.0 Å². The number of carbonyl (C=O) groups is 2. The van der Waals surface area contributed by atoms with Crippen molar-refractivity contribution < 1.29 is 14.3 Å². The van der Waals surface area contributed by atoms with Crippen LogP contribution in [0.15, 0.2) is 42.5 Å². The number of benzene rings is 2. The lowest BCUT2D eigenvalue weighted by Crippen LogP contribution is -2.47. The van der Waals surface area contributed by atoms with Gasteiger partial charge in [-0.25, -0.2) is 0 Å². The van der Waals surface area contributed by atoms with Gasteiger partial charge in [-0.3, -0.25) is 9.59 Å². The number of amides is 2. The van der Waals surface area contributed by atoms with Crippen molar-refractivity contribution in [1.29, 1.82) is 0 Å². The van der Waals surface area contributed by atoms with Crippen molar-refractivity contribution in [2.45, 2.75) is 39.7 Å². The van der Waals surface area contributed by atoms with E-state index in [1.54, 1.807) is 0 Å². The summed E-state index contributed by atoms with van der Waals surface area (Å²) < 4.78 is 5.60. The standard InChI is InChI=1S/C23H28N2O3/c1-16-4-7-19(8-5-16)23(27)25-12-10-20(11-13-25)24-22(26)15-28-21-9-6-17(2)18(3)14-21/h4-9,14,20H,10-13,15H2,1-3H3,(H,24,26). The van der Waals surface area contributed by atoms with Gasteiger partial charge in [-0.2, -0.15) is 0 Å². The van der Waals surface area contributed by atoms with Gasteiger partial charge in [0.1, 0.15) is 5.75 Å². The highest BCUT2D eigenvalue weighted by Gasteiger charge is 2.24. The molecule has 1 heterocycles. The van der Waals surface area contributed by atoms with Crippen LogP contribution in [0.5, 0.6) is 5.75 Å². The number of aryl methyl sites for hydroxylation is 3. The first kappa shape index (κ1) is 19.9. The molecule has 1 aliphatic rings. The molecule has 0 spiro atoms. The fourth-order valence-corrected chi connectivity index (χ4v) is 3.33. The molecular formula is C23H28N2O3. The Labute approximate surface area is 166 Å². The van der Waals surface area contributed by atoms with Crippen LogP contribution < -0.4 is 10.1 Å². The fourth-order valence-electron chi connectivity index (χ4n) is 3.33. The molecule has 0 bridgehead atoms. The van der Waals surface area contributed by atoms with Gasteiger partial charge in [0.2, 0.25) is 0 Å². The van der Waals surface area contributed by atoms with Crippen LogP contribution in [0.3, 0.4) is 0 Å². The molecule has 5 heteroatoms. The monoisotopic (exact) mass is 380 g/mol. The lowest BCUT2D eigenvalue weighted by molar-refractivity contribution is -0.124. The van der Waals surface area contributed by atoms with E-state index >= 15 is 0 Å². The number of hydrogen-bond acceptors (Lipinski definition) is 3. The number of nitrogens with one attached hydrogen (secondary N) is 1. The van der Waals surface area contributed by atoms with Gasteiger partial charge >= 0.3 is 0 Å². The molecule has 148 valence electrons. The highest BCUT2D eigenvalue weighted by molar-refractivity contribution is 5.94. The van der Waals surface area contributed by atoms with Crippen LogP contribution in [0.1, 0.15) is 39.9 Å². The number of rotatable bonds is 5. The highest BCUT2D eigenvalue weighted by Crippen LogP contribution is 2.17. The summed E-state index contributed by atoms with van der Waals surface area (Å²) in [4.78, 5) is 26.6. The average molecular weight is 380 g/mol. The van der Waals surface area contributed by atoms with Crippen LogP contribution in [0.4, 0.5) is 0 Å². The van der Waals surface area contributed by atoms with E-state index in [9.17, 15) is 9.59 Å². The van der Waals surface area contributed by atoms with E-state index in [1.807, 2.05) is 68.1 Å². The third kappa shape index (κ3) is 5.12. The van der Waals surface area contributed by atoms with Crippen LogP contribution in [0.2, 0.25) is 0 Å². The molecule has 2 aromatic rings. The molecule has 1 N–H and O–H groups in total. The average Bonchev–Trinajstić information content (AvgIpc) is 2.69. The Balaban J connectivity index is 1.43. The van der Waals surface area contributed by atoms with Crippen molar-refractivity contribution in [3.8, 4) is 5.75 Å². The predicted molar refractivity (Wildman–Crippen MR) is 110 cm³/mol. The zero-order valence-corrected chi connectivity index (χ0v) is 16.8. The first-order valence-electron chi connectivity index (χ1n) is 9.78. The molecule has 5 nitrogen and oxygen atoms in total. The maximum absolute atomic E-state index is 12.6. The quantitative estimate of drug-likeness (QED) is 0.865. The van der Waals surface area contributed by atoms with Crippen LogP contribution in [0, 0.1) is 20.8 Å². The minimum absolute atomic E-state index is 0.00497. The fraction of sp³-hybridized carbons (Fsp3) is 0.391. The van der Waals surface area contributed by atoms with Crippen LogP contribution in [0.25, 0.3) is 0 Å². The summed E-state index contributed by atoms with van der Waals surface area (Å²) in [6.07, 6.45) is 1.51. The van der Waals surface area contributed by atoms with Crippen molar-refractivity contribution in [1.82, 2.24) is 10.2 Å². The van der Waals surface area contributed by atoms with Gasteiger partial charge in [0, 0.05) is 24.7 Å². The summed E-state index contributed by atoms with van der Waals surface area (Å²) in [7, 11) is 0. The van der Waals surface area contributed by atoms with Crippen molar-refractivity contribution in [2.75, 3.05) is 19.7 Å². The third-order valence-corrected chi connectivity index (χ3v) is 5.29. The van der Waals surface area contributed by atoms with E-state index in [-0.39, 0.29) is 24.5 Å². The van der Waals surface area contributed by atoms with Crippen LogP contribution in [-0.2, 0) is 4.79 Å². The van der Waals surface area contributed by atoms with Crippen molar-refractivity contribution >= 4 is 11.8 Å². The second kappa shape index (κ2) is 8.91. The predicted octanol–water partition coefficient (Wildman–Crippen LogP) is 3.41. The highest BCUT2D eigenvalue weighted by atomic mass is 16.5. The number of ether oxygens (including phenoxy) is 1. The van der Waals surface area contributed by atoms with E-state index < -0.39 is 0 Å². The minimum atomic E-state index is -0.124. The first-order valence-corrected chi connectivity index (χ1v) is 9.78. The minimum Gasteiger partial charge on any atom is -0.484 e. The molecule has 3 rings (SSSR count). The van der Waals surface area contributed by atoms with Crippen LogP contribution in [-0.4, -0.2) is 42.5 Å². The summed E-state index contributed by atoms with van der Waals surface area (Å²) in [5, 5.41) is 3.02. The van der Waals surface area contributed by atoms with Crippen molar-refractivity contribution in [3.63, 3.8) is 0 Å². The van der Waals surface area contributed by atoms with Gasteiger partial charge < -0.3 is 15.0 Å². The summed E-state index contributed by atoms with van der Waals surface area (Å²) in [5.74, 6) is 0.640. The summed E-state index contributed by atoms with van der Waals surface area (Å²) >= 11 is 0. The Bertz CT molecular complexity index is 837. The number of nitrogens with zero attached hydrogens (tertiary/aromatic N) is 1. The lowest BCUT2D eigenvalue weighted by atomic mass is 10.0. The van der Waals surface area contributed by atoms with E-state index in [0.717, 1.165) is 29.5 Å². The molecule has 0 saturated carbocycles. The summed E-state index contributed by atoms with van der Waals surface area (Å²) in [6.45, 7) is 7.37. The molecule has 0 aromatic heterocycles. The van der Waals surface area contributed by atoms with Crippen molar-refractivity contribution in [3.05, 3.63) is 64.7 Å². The molecule has 1 saturated heterocycles. The molecule has 2 amide bonds. The molecule has 0 unspecified atom stereocenters. The van der Waals surface area contributed by atoms with E-state index in [4.69, 9.17) is 4.74 Å². The topological polar surface area (TPSA) is 58.6 Å². The zero-order chi connectivity index (χ0) is 20.1. The molecule has 2 aromatic carbocycles. The maximum atomic E-state index is 12.6. The molecular weight excluding hydrogens is 352 g/mol. The van der Waals surface area contributed by atoms with Gasteiger partial charge in [-0.1, -0.05) is 23.8 Å². The number of hydrogen-bond donors (Lipinski definition) is 1. The summed E-state index contributed by atoms with van der Waals surface area (Å²) in [6, 6.07) is 13.5. The smallest absolute Gasteiger partial charge is 0.258 e. The second-order valence-electron chi connectivity index (χ2n) is 7.53. The van der Waals surface area contributed by atoms with Crippen molar-refractivity contribution in [2.24, 2.45) is 0 Å². The Morgan fingerprint density at radius 3 is 2.32 bits per heavy atom. The van der Waals surface area contributed by atoms with Gasteiger partial charge in [0.25, 0.3) is 11.8 Å². The van der Waals surface area contributed by atoms with E-state index in [2.05, 4.69) is 5.32 Å². The normalized spacial score (nSPS) is 14.6.